The van der Waals surface area contributed by atoms with Crippen molar-refractivity contribution in [2.24, 2.45) is 5.92 Å². The first kappa shape index (κ1) is 13.9. The van der Waals surface area contributed by atoms with Crippen LogP contribution in [0.3, 0.4) is 0 Å². The van der Waals surface area contributed by atoms with Crippen molar-refractivity contribution >= 4 is 48.5 Å². The molecule has 0 aliphatic heterocycles. The molecule has 0 saturated heterocycles. The standard InChI is InChI=1S/C14H12Br2N2O2/c15-9-3-4-13-10(5-9)11(6-12(16)8-1-2-8)14(7-17-13)18(19)20/h3-5,7-8,12H,1-2,6H2. The lowest BCUT2D eigenvalue weighted by Gasteiger charge is -2.11. The Morgan fingerprint density at radius 3 is 2.85 bits per heavy atom. The molecular formula is C14H12Br2N2O2. The Hall–Kier alpha value is -1.01. The zero-order chi connectivity index (χ0) is 14.3. The SMILES string of the molecule is O=[N+]([O-])c1cnc2ccc(Br)cc2c1CC(Br)C1CC1. The molecule has 1 saturated carbocycles. The normalized spacial score (nSPS) is 16.3. The minimum Gasteiger partial charge on any atom is -0.258 e. The van der Waals surface area contributed by atoms with E-state index in [2.05, 4.69) is 36.8 Å². The molecule has 1 aromatic heterocycles. The van der Waals surface area contributed by atoms with E-state index in [4.69, 9.17) is 0 Å². The van der Waals surface area contributed by atoms with Crippen molar-refractivity contribution in [3.05, 3.63) is 44.5 Å². The molecule has 6 heteroatoms. The fourth-order valence-electron chi connectivity index (χ4n) is 2.40. The van der Waals surface area contributed by atoms with Crippen LogP contribution in [-0.2, 0) is 6.42 Å². The lowest BCUT2D eigenvalue weighted by atomic mass is 10.0. The number of fused-ring (bicyclic) bond motifs is 1. The Morgan fingerprint density at radius 1 is 1.45 bits per heavy atom. The Kier molecular flexibility index (Phi) is 3.77. The highest BCUT2D eigenvalue weighted by atomic mass is 79.9. The fourth-order valence-corrected chi connectivity index (χ4v) is 3.61. The number of nitro groups is 1. The molecule has 20 heavy (non-hydrogen) atoms. The van der Waals surface area contributed by atoms with Crippen LogP contribution in [0.25, 0.3) is 10.9 Å². The maximum absolute atomic E-state index is 11.3. The van der Waals surface area contributed by atoms with E-state index in [-0.39, 0.29) is 10.6 Å². The van der Waals surface area contributed by atoms with Gasteiger partial charge in [-0.3, -0.25) is 10.1 Å². The van der Waals surface area contributed by atoms with Crippen LogP contribution in [0, 0.1) is 16.0 Å². The minimum atomic E-state index is -0.338. The molecule has 1 aromatic carbocycles. The van der Waals surface area contributed by atoms with Crippen LogP contribution < -0.4 is 0 Å². The van der Waals surface area contributed by atoms with Crippen molar-refractivity contribution in [2.75, 3.05) is 0 Å². The van der Waals surface area contributed by atoms with Gasteiger partial charge >= 0.3 is 0 Å². The summed E-state index contributed by atoms with van der Waals surface area (Å²) >= 11 is 7.10. The van der Waals surface area contributed by atoms with Crippen LogP contribution in [0.5, 0.6) is 0 Å². The van der Waals surface area contributed by atoms with Crippen LogP contribution in [-0.4, -0.2) is 14.7 Å². The number of pyridine rings is 1. The topological polar surface area (TPSA) is 56.0 Å². The third-order valence-electron chi connectivity index (χ3n) is 3.65. The van der Waals surface area contributed by atoms with Gasteiger partial charge in [-0.1, -0.05) is 31.9 Å². The quantitative estimate of drug-likeness (QED) is 0.428. The predicted octanol–water partition coefficient (Wildman–Crippen LogP) is 4.62. The van der Waals surface area contributed by atoms with Gasteiger partial charge in [0.15, 0.2) is 0 Å². The van der Waals surface area contributed by atoms with Crippen molar-refractivity contribution in [2.45, 2.75) is 24.1 Å². The van der Waals surface area contributed by atoms with Gasteiger partial charge in [0, 0.05) is 20.2 Å². The van der Waals surface area contributed by atoms with E-state index in [0.717, 1.165) is 20.9 Å². The van der Waals surface area contributed by atoms with E-state index in [1.54, 1.807) is 0 Å². The second-order valence-electron chi connectivity index (χ2n) is 5.10. The first-order valence-electron chi connectivity index (χ1n) is 6.42. The highest BCUT2D eigenvalue weighted by Crippen LogP contribution is 2.40. The Labute approximate surface area is 133 Å². The zero-order valence-corrected chi connectivity index (χ0v) is 13.7. The molecule has 1 atom stereocenters. The molecule has 1 aliphatic carbocycles. The summed E-state index contributed by atoms with van der Waals surface area (Å²) in [6.07, 6.45) is 4.45. The van der Waals surface area contributed by atoms with Gasteiger partial charge in [-0.05, 0) is 43.4 Å². The summed E-state index contributed by atoms with van der Waals surface area (Å²) in [6.45, 7) is 0. The van der Waals surface area contributed by atoms with E-state index < -0.39 is 0 Å². The monoisotopic (exact) mass is 398 g/mol. The van der Waals surface area contributed by atoms with E-state index >= 15 is 0 Å². The van der Waals surface area contributed by atoms with Crippen LogP contribution in [0.1, 0.15) is 18.4 Å². The third-order valence-corrected chi connectivity index (χ3v) is 5.21. The fraction of sp³-hybridized carbons (Fsp3) is 0.357. The molecule has 2 aromatic rings. The number of alkyl halides is 1. The number of rotatable bonds is 4. The number of nitrogens with zero attached hydrogens (tertiary/aromatic N) is 2. The maximum Gasteiger partial charge on any atom is 0.291 e. The van der Waals surface area contributed by atoms with Gasteiger partial charge < -0.3 is 0 Å². The second kappa shape index (κ2) is 5.41. The van der Waals surface area contributed by atoms with Crippen molar-refractivity contribution in [1.29, 1.82) is 0 Å². The van der Waals surface area contributed by atoms with Gasteiger partial charge in [-0.15, -0.1) is 0 Å². The number of halogens is 2. The summed E-state index contributed by atoms with van der Waals surface area (Å²) in [5.74, 6) is 0.643. The third kappa shape index (κ3) is 2.72. The summed E-state index contributed by atoms with van der Waals surface area (Å²) in [7, 11) is 0. The molecule has 4 nitrogen and oxygen atoms in total. The summed E-state index contributed by atoms with van der Waals surface area (Å²) in [6, 6.07) is 5.70. The summed E-state index contributed by atoms with van der Waals surface area (Å²) < 4.78 is 0.908. The van der Waals surface area contributed by atoms with Crippen LogP contribution in [0.4, 0.5) is 5.69 Å². The first-order valence-corrected chi connectivity index (χ1v) is 8.12. The van der Waals surface area contributed by atoms with E-state index in [1.165, 1.54) is 19.0 Å². The van der Waals surface area contributed by atoms with E-state index in [0.29, 0.717) is 17.2 Å². The largest absolute Gasteiger partial charge is 0.291 e. The van der Waals surface area contributed by atoms with Crippen LogP contribution in [0.15, 0.2) is 28.9 Å². The molecule has 3 rings (SSSR count). The Morgan fingerprint density at radius 2 is 2.20 bits per heavy atom. The number of hydrogen-bond acceptors (Lipinski definition) is 3. The number of aromatic nitrogens is 1. The molecule has 0 N–H and O–H groups in total. The molecule has 0 spiro atoms. The van der Waals surface area contributed by atoms with Gasteiger partial charge in [-0.25, -0.2) is 4.98 Å². The molecule has 1 fully saturated rings. The van der Waals surface area contributed by atoms with Gasteiger partial charge in [0.1, 0.15) is 6.20 Å². The molecule has 1 heterocycles. The zero-order valence-electron chi connectivity index (χ0n) is 10.6. The van der Waals surface area contributed by atoms with Crippen LogP contribution >= 0.6 is 31.9 Å². The molecule has 0 bridgehead atoms. The highest BCUT2D eigenvalue weighted by Gasteiger charge is 2.31. The first-order chi connectivity index (χ1) is 9.56. The van der Waals surface area contributed by atoms with Gasteiger partial charge in [-0.2, -0.15) is 0 Å². The average Bonchev–Trinajstić information content (AvgIpc) is 3.23. The van der Waals surface area contributed by atoms with Crippen molar-refractivity contribution < 1.29 is 4.92 Å². The molecule has 104 valence electrons. The number of benzene rings is 1. The summed E-state index contributed by atoms with van der Waals surface area (Å²) in [4.78, 5) is 15.4. The van der Waals surface area contributed by atoms with E-state index in [1.807, 2.05) is 18.2 Å². The van der Waals surface area contributed by atoms with Crippen molar-refractivity contribution in [3.8, 4) is 0 Å². The second-order valence-corrected chi connectivity index (χ2v) is 7.19. The lowest BCUT2D eigenvalue weighted by Crippen LogP contribution is -2.08. The van der Waals surface area contributed by atoms with Crippen molar-refractivity contribution in [1.82, 2.24) is 4.98 Å². The van der Waals surface area contributed by atoms with Gasteiger partial charge in [0.25, 0.3) is 5.69 Å². The minimum absolute atomic E-state index is 0.112. The van der Waals surface area contributed by atoms with Gasteiger partial charge in [0.05, 0.1) is 10.4 Å². The summed E-state index contributed by atoms with van der Waals surface area (Å²) in [5.41, 5.74) is 1.68. The number of hydrogen-bond donors (Lipinski definition) is 0. The molecule has 0 radical (unpaired) electrons. The molecular weight excluding hydrogens is 388 g/mol. The molecule has 0 amide bonds. The van der Waals surface area contributed by atoms with E-state index in [9.17, 15) is 10.1 Å². The highest BCUT2D eigenvalue weighted by molar-refractivity contribution is 9.10. The Balaban J connectivity index is 2.14. The van der Waals surface area contributed by atoms with Crippen molar-refractivity contribution in [3.63, 3.8) is 0 Å². The maximum atomic E-state index is 11.3. The van der Waals surface area contributed by atoms with Crippen LogP contribution in [0.2, 0.25) is 0 Å². The smallest absolute Gasteiger partial charge is 0.258 e. The predicted molar refractivity (Wildman–Crippen MR) is 85.2 cm³/mol. The average molecular weight is 400 g/mol. The molecule has 1 aliphatic rings. The Bertz CT molecular complexity index is 686. The summed E-state index contributed by atoms with van der Waals surface area (Å²) in [5, 5.41) is 12.1. The molecule has 1 unspecified atom stereocenters. The van der Waals surface area contributed by atoms with Gasteiger partial charge in [0.2, 0.25) is 0 Å². The lowest BCUT2D eigenvalue weighted by molar-refractivity contribution is -0.385.